The van der Waals surface area contributed by atoms with Crippen LogP contribution < -0.4 is 10.2 Å². The maximum Gasteiger partial charge on any atom is 0.134 e. The van der Waals surface area contributed by atoms with Crippen LogP contribution in [-0.2, 0) is 0 Å². The molecule has 0 bridgehead atoms. The van der Waals surface area contributed by atoms with Gasteiger partial charge in [-0.15, -0.1) is 0 Å². The maximum absolute atomic E-state index is 8.74. The Labute approximate surface area is 109 Å². The van der Waals surface area contributed by atoms with E-state index in [1.165, 1.54) is 0 Å². The van der Waals surface area contributed by atoms with Crippen LogP contribution in [-0.4, -0.2) is 29.6 Å². The van der Waals surface area contributed by atoms with Gasteiger partial charge in [0.2, 0.25) is 0 Å². The van der Waals surface area contributed by atoms with Gasteiger partial charge in [-0.25, -0.2) is 9.97 Å². The lowest BCUT2D eigenvalue weighted by molar-refractivity contribution is 0.691. The first kappa shape index (κ1) is 14.2. The zero-order chi connectivity index (χ0) is 13.5. The van der Waals surface area contributed by atoms with E-state index in [4.69, 9.17) is 5.26 Å². The number of rotatable bonds is 6. The van der Waals surface area contributed by atoms with Crippen molar-refractivity contribution < 1.29 is 0 Å². The van der Waals surface area contributed by atoms with Gasteiger partial charge in [-0.05, 0) is 20.3 Å². The molecule has 18 heavy (non-hydrogen) atoms. The average molecular weight is 247 g/mol. The van der Waals surface area contributed by atoms with Crippen molar-refractivity contribution >= 4 is 11.6 Å². The second-order valence-electron chi connectivity index (χ2n) is 4.41. The van der Waals surface area contributed by atoms with Crippen molar-refractivity contribution in [1.29, 1.82) is 5.26 Å². The standard InChI is InChI=1S/C13H21N5/c1-5-8-15-12-9-13(17-11(3)16-12)18(4)10(2)6-7-14/h9-10H,5-6,8H2,1-4H3,(H,15,16,17). The van der Waals surface area contributed by atoms with E-state index in [0.29, 0.717) is 6.42 Å². The second kappa shape index (κ2) is 6.80. The molecule has 0 amide bonds. The van der Waals surface area contributed by atoms with Crippen LogP contribution in [0.5, 0.6) is 0 Å². The molecule has 0 aromatic carbocycles. The smallest absolute Gasteiger partial charge is 0.134 e. The monoisotopic (exact) mass is 247 g/mol. The summed E-state index contributed by atoms with van der Waals surface area (Å²) in [6.45, 7) is 6.90. The van der Waals surface area contributed by atoms with Crippen molar-refractivity contribution in [3.8, 4) is 6.07 Å². The Kier molecular flexibility index (Phi) is 5.37. The predicted molar refractivity (Wildman–Crippen MR) is 73.6 cm³/mol. The van der Waals surface area contributed by atoms with Crippen molar-refractivity contribution in [2.24, 2.45) is 0 Å². The molecule has 5 heteroatoms. The van der Waals surface area contributed by atoms with E-state index < -0.39 is 0 Å². The Bertz CT molecular complexity index is 424. The van der Waals surface area contributed by atoms with Gasteiger partial charge in [-0.3, -0.25) is 0 Å². The first-order valence-corrected chi connectivity index (χ1v) is 6.27. The SMILES string of the molecule is CCCNc1cc(N(C)C(C)CC#N)nc(C)n1. The molecule has 0 spiro atoms. The van der Waals surface area contributed by atoms with Gasteiger partial charge in [0, 0.05) is 25.7 Å². The van der Waals surface area contributed by atoms with Crippen molar-refractivity contribution in [1.82, 2.24) is 9.97 Å². The quantitative estimate of drug-likeness (QED) is 0.836. The Morgan fingerprint density at radius 1 is 1.50 bits per heavy atom. The zero-order valence-corrected chi connectivity index (χ0v) is 11.6. The van der Waals surface area contributed by atoms with Crippen molar-refractivity contribution in [2.75, 3.05) is 23.8 Å². The summed E-state index contributed by atoms with van der Waals surface area (Å²) in [5, 5.41) is 12.0. The third kappa shape index (κ3) is 3.88. The molecular formula is C13H21N5. The van der Waals surface area contributed by atoms with Crippen molar-refractivity contribution in [3.63, 3.8) is 0 Å². The molecule has 0 saturated carbocycles. The van der Waals surface area contributed by atoms with E-state index in [1.807, 2.05) is 31.9 Å². The third-order valence-electron chi connectivity index (χ3n) is 2.79. The van der Waals surface area contributed by atoms with Crippen LogP contribution in [0, 0.1) is 18.3 Å². The predicted octanol–water partition coefficient (Wildman–Crippen LogP) is 2.35. The van der Waals surface area contributed by atoms with Crippen LogP contribution in [0.4, 0.5) is 11.6 Å². The van der Waals surface area contributed by atoms with Gasteiger partial charge in [0.1, 0.15) is 17.5 Å². The molecule has 1 N–H and O–H groups in total. The summed E-state index contributed by atoms with van der Waals surface area (Å²) in [6, 6.07) is 4.25. The lowest BCUT2D eigenvalue weighted by Gasteiger charge is -2.24. The number of hydrogen-bond donors (Lipinski definition) is 1. The fourth-order valence-electron chi connectivity index (χ4n) is 1.57. The molecule has 1 unspecified atom stereocenters. The minimum Gasteiger partial charge on any atom is -0.370 e. The first-order valence-electron chi connectivity index (χ1n) is 6.27. The molecule has 0 aliphatic carbocycles. The fourth-order valence-corrected chi connectivity index (χ4v) is 1.57. The van der Waals surface area contributed by atoms with Gasteiger partial charge < -0.3 is 10.2 Å². The minimum absolute atomic E-state index is 0.142. The van der Waals surface area contributed by atoms with Crippen LogP contribution in [0.3, 0.4) is 0 Å². The number of nitrogens with zero attached hydrogens (tertiary/aromatic N) is 4. The number of nitriles is 1. The van der Waals surface area contributed by atoms with Gasteiger partial charge in [0.05, 0.1) is 12.5 Å². The minimum atomic E-state index is 0.142. The summed E-state index contributed by atoms with van der Waals surface area (Å²) in [5.41, 5.74) is 0. The van der Waals surface area contributed by atoms with Gasteiger partial charge in [0.25, 0.3) is 0 Å². The number of aromatic nitrogens is 2. The zero-order valence-electron chi connectivity index (χ0n) is 11.6. The summed E-state index contributed by atoms with van der Waals surface area (Å²) in [6.07, 6.45) is 1.54. The Balaban J connectivity index is 2.88. The largest absolute Gasteiger partial charge is 0.370 e. The summed E-state index contributed by atoms with van der Waals surface area (Å²) < 4.78 is 0. The highest BCUT2D eigenvalue weighted by atomic mass is 15.2. The van der Waals surface area contributed by atoms with E-state index in [2.05, 4.69) is 28.3 Å². The van der Waals surface area contributed by atoms with Gasteiger partial charge in [-0.2, -0.15) is 5.26 Å². The van der Waals surface area contributed by atoms with Crippen LogP contribution in [0.25, 0.3) is 0 Å². The summed E-state index contributed by atoms with van der Waals surface area (Å²) in [5.74, 6) is 2.43. The molecule has 1 aromatic rings. The molecule has 0 aliphatic rings. The van der Waals surface area contributed by atoms with E-state index in [0.717, 1.165) is 30.4 Å². The average Bonchev–Trinajstić information content (AvgIpc) is 2.35. The van der Waals surface area contributed by atoms with Crippen LogP contribution in [0.2, 0.25) is 0 Å². The second-order valence-corrected chi connectivity index (χ2v) is 4.41. The summed E-state index contributed by atoms with van der Waals surface area (Å²) >= 11 is 0. The molecule has 0 saturated heterocycles. The van der Waals surface area contributed by atoms with Crippen LogP contribution in [0.15, 0.2) is 6.07 Å². The first-order chi connectivity index (χ1) is 8.58. The highest BCUT2D eigenvalue weighted by Gasteiger charge is 2.12. The van der Waals surface area contributed by atoms with Crippen molar-refractivity contribution in [3.05, 3.63) is 11.9 Å². The number of nitrogens with one attached hydrogen (secondary N) is 1. The third-order valence-corrected chi connectivity index (χ3v) is 2.79. The summed E-state index contributed by atoms with van der Waals surface area (Å²) in [7, 11) is 1.95. The van der Waals surface area contributed by atoms with E-state index in [9.17, 15) is 0 Å². The molecule has 0 aliphatic heterocycles. The van der Waals surface area contributed by atoms with E-state index in [1.54, 1.807) is 0 Å². The molecule has 1 rings (SSSR count). The number of aryl methyl sites for hydroxylation is 1. The van der Waals surface area contributed by atoms with Gasteiger partial charge in [0.15, 0.2) is 0 Å². The molecule has 5 nitrogen and oxygen atoms in total. The lowest BCUT2D eigenvalue weighted by atomic mass is 10.2. The highest BCUT2D eigenvalue weighted by Crippen LogP contribution is 2.17. The Morgan fingerprint density at radius 3 is 2.83 bits per heavy atom. The molecule has 1 aromatic heterocycles. The molecule has 1 heterocycles. The van der Waals surface area contributed by atoms with Gasteiger partial charge in [-0.1, -0.05) is 6.92 Å². The summed E-state index contributed by atoms with van der Waals surface area (Å²) in [4.78, 5) is 10.8. The van der Waals surface area contributed by atoms with E-state index >= 15 is 0 Å². The fraction of sp³-hybridized carbons (Fsp3) is 0.615. The molecule has 98 valence electrons. The number of anilines is 2. The van der Waals surface area contributed by atoms with E-state index in [-0.39, 0.29) is 6.04 Å². The molecular weight excluding hydrogens is 226 g/mol. The van der Waals surface area contributed by atoms with Crippen LogP contribution in [0.1, 0.15) is 32.5 Å². The maximum atomic E-state index is 8.74. The molecule has 1 atom stereocenters. The molecule has 0 fully saturated rings. The van der Waals surface area contributed by atoms with Crippen LogP contribution >= 0.6 is 0 Å². The molecule has 0 radical (unpaired) electrons. The Hall–Kier alpha value is -1.83. The highest BCUT2D eigenvalue weighted by molar-refractivity contribution is 5.49. The van der Waals surface area contributed by atoms with Crippen molar-refractivity contribution in [2.45, 2.75) is 39.7 Å². The Morgan fingerprint density at radius 2 is 2.22 bits per heavy atom. The normalized spacial score (nSPS) is 11.7. The topological polar surface area (TPSA) is 64.8 Å². The lowest BCUT2D eigenvalue weighted by Crippen LogP contribution is -2.29. The number of hydrogen-bond acceptors (Lipinski definition) is 5. The van der Waals surface area contributed by atoms with Gasteiger partial charge >= 0.3 is 0 Å².